The molecule has 124 valence electrons. The van der Waals surface area contributed by atoms with Gasteiger partial charge in [-0.15, -0.1) is 0 Å². The van der Waals surface area contributed by atoms with Crippen molar-refractivity contribution in [2.75, 3.05) is 19.6 Å². The van der Waals surface area contributed by atoms with Gasteiger partial charge in [0.15, 0.2) is 0 Å². The minimum Gasteiger partial charge on any atom is -0.349 e. The van der Waals surface area contributed by atoms with Crippen molar-refractivity contribution in [3.05, 3.63) is 17.5 Å². The maximum absolute atomic E-state index is 12.1. The molecular formula is C17H30N4O. The summed E-state index contributed by atoms with van der Waals surface area (Å²) < 4.78 is 1.80. The van der Waals surface area contributed by atoms with Gasteiger partial charge in [0.2, 0.25) is 5.91 Å². The molecule has 1 saturated heterocycles. The van der Waals surface area contributed by atoms with Crippen molar-refractivity contribution in [1.29, 1.82) is 0 Å². The third kappa shape index (κ3) is 5.13. The molecular weight excluding hydrogens is 276 g/mol. The molecule has 2 heterocycles. The van der Waals surface area contributed by atoms with Crippen molar-refractivity contribution >= 4 is 5.91 Å². The van der Waals surface area contributed by atoms with E-state index in [1.54, 1.807) is 4.68 Å². The predicted octanol–water partition coefficient (Wildman–Crippen LogP) is 2.56. The SMILES string of the molecule is Cc1nn(C)cc1[C@H](C)NC(=O)CCCN1CCCCCC1. The van der Waals surface area contributed by atoms with Gasteiger partial charge in [-0.1, -0.05) is 12.8 Å². The van der Waals surface area contributed by atoms with Crippen LogP contribution in [0, 0.1) is 6.92 Å². The number of likely N-dealkylation sites (tertiary alicyclic amines) is 1. The van der Waals surface area contributed by atoms with Crippen LogP contribution < -0.4 is 5.32 Å². The van der Waals surface area contributed by atoms with E-state index in [0.717, 1.165) is 24.2 Å². The van der Waals surface area contributed by atoms with Crippen LogP contribution in [0.5, 0.6) is 0 Å². The molecule has 0 spiro atoms. The van der Waals surface area contributed by atoms with Gasteiger partial charge in [-0.05, 0) is 52.7 Å². The van der Waals surface area contributed by atoms with Crippen molar-refractivity contribution < 1.29 is 4.79 Å². The molecule has 5 heteroatoms. The van der Waals surface area contributed by atoms with E-state index >= 15 is 0 Å². The number of aromatic nitrogens is 2. The molecule has 2 rings (SSSR count). The summed E-state index contributed by atoms with van der Waals surface area (Å²) in [6, 6.07) is 0.0272. The second-order valence-corrected chi connectivity index (χ2v) is 6.49. The fourth-order valence-corrected chi connectivity index (χ4v) is 3.26. The van der Waals surface area contributed by atoms with Gasteiger partial charge in [0, 0.05) is 25.2 Å². The zero-order valence-corrected chi connectivity index (χ0v) is 14.3. The van der Waals surface area contributed by atoms with Crippen LogP contribution in [0.15, 0.2) is 6.20 Å². The standard InChI is InChI=1S/C17H30N4O/c1-14(16-13-20(3)19-15(16)2)18-17(22)9-8-12-21-10-6-4-5-7-11-21/h13-14H,4-12H2,1-3H3,(H,18,22)/t14-/m0/s1. The molecule has 1 atom stereocenters. The van der Waals surface area contributed by atoms with Crippen molar-refractivity contribution in [2.24, 2.45) is 7.05 Å². The van der Waals surface area contributed by atoms with E-state index in [-0.39, 0.29) is 11.9 Å². The fourth-order valence-electron chi connectivity index (χ4n) is 3.26. The van der Waals surface area contributed by atoms with Crippen LogP contribution in [0.25, 0.3) is 0 Å². The van der Waals surface area contributed by atoms with E-state index in [0.29, 0.717) is 6.42 Å². The van der Waals surface area contributed by atoms with Gasteiger partial charge < -0.3 is 10.2 Å². The lowest BCUT2D eigenvalue weighted by Gasteiger charge is -2.19. The lowest BCUT2D eigenvalue weighted by Crippen LogP contribution is -2.29. The first kappa shape index (κ1) is 17.0. The summed E-state index contributed by atoms with van der Waals surface area (Å²) in [6.07, 6.45) is 8.88. The van der Waals surface area contributed by atoms with Gasteiger partial charge in [-0.2, -0.15) is 5.10 Å². The average molecular weight is 306 g/mol. The summed E-state index contributed by atoms with van der Waals surface area (Å²) in [5.41, 5.74) is 2.09. The largest absolute Gasteiger partial charge is 0.349 e. The first-order chi connectivity index (χ1) is 10.6. The lowest BCUT2D eigenvalue weighted by atomic mass is 10.1. The Balaban J connectivity index is 1.70. The van der Waals surface area contributed by atoms with Crippen LogP contribution in [0.4, 0.5) is 0 Å². The Morgan fingerprint density at radius 1 is 1.32 bits per heavy atom. The highest BCUT2D eigenvalue weighted by atomic mass is 16.1. The van der Waals surface area contributed by atoms with Crippen molar-refractivity contribution in [2.45, 2.75) is 58.4 Å². The number of hydrogen-bond acceptors (Lipinski definition) is 3. The molecule has 0 aromatic carbocycles. The molecule has 1 aliphatic rings. The quantitative estimate of drug-likeness (QED) is 0.879. The molecule has 1 amide bonds. The Kier molecular flexibility index (Phi) is 6.43. The lowest BCUT2D eigenvalue weighted by molar-refractivity contribution is -0.121. The Hall–Kier alpha value is -1.36. The highest BCUT2D eigenvalue weighted by molar-refractivity contribution is 5.76. The maximum atomic E-state index is 12.1. The number of amides is 1. The fraction of sp³-hybridized carbons (Fsp3) is 0.765. The van der Waals surface area contributed by atoms with Gasteiger partial charge in [0.25, 0.3) is 0 Å². The van der Waals surface area contributed by atoms with E-state index in [1.807, 2.05) is 27.1 Å². The van der Waals surface area contributed by atoms with E-state index in [2.05, 4.69) is 15.3 Å². The highest BCUT2D eigenvalue weighted by Crippen LogP contribution is 2.16. The zero-order chi connectivity index (χ0) is 15.9. The summed E-state index contributed by atoms with van der Waals surface area (Å²) in [5, 5.41) is 7.42. The third-order valence-corrected chi connectivity index (χ3v) is 4.47. The van der Waals surface area contributed by atoms with Crippen LogP contribution in [-0.4, -0.2) is 40.2 Å². The number of hydrogen-bond donors (Lipinski definition) is 1. The van der Waals surface area contributed by atoms with Crippen molar-refractivity contribution in [3.63, 3.8) is 0 Å². The molecule has 0 radical (unpaired) electrons. The van der Waals surface area contributed by atoms with Gasteiger partial charge in [0.05, 0.1) is 11.7 Å². The summed E-state index contributed by atoms with van der Waals surface area (Å²) in [7, 11) is 1.91. The molecule has 0 bridgehead atoms. The predicted molar refractivity (Wildman–Crippen MR) is 88.6 cm³/mol. The molecule has 22 heavy (non-hydrogen) atoms. The van der Waals surface area contributed by atoms with Crippen molar-refractivity contribution in [1.82, 2.24) is 20.0 Å². The Bertz CT molecular complexity index is 475. The number of rotatable bonds is 6. The number of nitrogens with one attached hydrogen (secondary N) is 1. The second kappa shape index (κ2) is 8.32. The average Bonchev–Trinajstić information content (AvgIpc) is 2.66. The smallest absolute Gasteiger partial charge is 0.220 e. The Morgan fingerprint density at radius 2 is 2.00 bits per heavy atom. The third-order valence-electron chi connectivity index (χ3n) is 4.47. The monoisotopic (exact) mass is 306 g/mol. The highest BCUT2D eigenvalue weighted by Gasteiger charge is 2.15. The molecule has 0 unspecified atom stereocenters. The normalized spacial score (nSPS) is 18.0. The van der Waals surface area contributed by atoms with E-state index in [4.69, 9.17) is 0 Å². The first-order valence-electron chi connectivity index (χ1n) is 8.58. The van der Waals surface area contributed by atoms with E-state index in [1.165, 1.54) is 38.8 Å². The second-order valence-electron chi connectivity index (χ2n) is 6.49. The number of carbonyl (C=O) groups excluding carboxylic acids is 1. The summed E-state index contributed by atoms with van der Waals surface area (Å²) in [4.78, 5) is 14.6. The van der Waals surface area contributed by atoms with Crippen LogP contribution in [-0.2, 0) is 11.8 Å². The minimum atomic E-state index is 0.0272. The topological polar surface area (TPSA) is 50.2 Å². The molecule has 1 N–H and O–H groups in total. The van der Waals surface area contributed by atoms with Crippen molar-refractivity contribution in [3.8, 4) is 0 Å². The molecule has 1 aromatic heterocycles. The summed E-state index contributed by atoms with van der Waals surface area (Å²) >= 11 is 0. The molecule has 5 nitrogen and oxygen atoms in total. The van der Waals surface area contributed by atoms with Gasteiger partial charge >= 0.3 is 0 Å². The molecule has 0 saturated carbocycles. The van der Waals surface area contributed by atoms with E-state index in [9.17, 15) is 4.79 Å². The van der Waals surface area contributed by atoms with Gasteiger partial charge in [0.1, 0.15) is 0 Å². The first-order valence-corrected chi connectivity index (χ1v) is 8.58. The number of aryl methyl sites for hydroxylation is 2. The Morgan fingerprint density at radius 3 is 2.59 bits per heavy atom. The number of nitrogens with zero attached hydrogens (tertiary/aromatic N) is 3. The van der Waals surface area contributed by atoms with E-state index < -0.39 is 0 Å². The maximum Gasteiger partial charge on any atom is 0.220 e. The van der Waals surface area contributed by atoms with Gasteiger partial charge in [-0.3, -0.25) is 9.48 Å². The molecule has 0 aliphatic carbocycles. The van der Waals surface area contributed by atoms with Crippen LogP contribution >= 0.6 is 0 Å². The number of carbonyl (C=O) groups is 1. The summed E-state index contributed by atoms with van der Waals surface area (Å²) in [5.74, 6) is 0.144. The zero-order valence-electron chi connectivity index (χ0n) is 14.3. The minimum absolute atomic E-state index is 0.0272. The van der Waals surface area contributed by atoms with Crippen LogP contribution in [0.3, 0.4) is 0 Å². The molecule has 1 aliphatic heterocycles. The van der Waals surface area contributed by atoms with Crippen LogP contribution in [0.2, 0.25) is 0 Å². The molecule has 1 fully saturated rings. The molecule has 1 aromatic rings. The summed E-state index contributed by atoms with van der Waals surface area (Å²) in [6.45, 7) is 7.46. The Labute approximate surface area is 134 Å². The van der Waals surface area contributed by atoms with Crippen LogP contribution in [0.1, 0.15) is 62.7 Å². The van der Waals surface area contributed by atoms with Gasteiger partial charge in [-0.25, -0.2) is 0 Å².